The SMILES string of the molecule is Cc1ccc(-n2ccc3sccc3c2=O)cn1. The van der Waals surface area contributed by atoms with E-state index in [9.17, 15) is 4.79 Å². The van der Waals surface area contributed by atoms with Crippen molar-refractivity contribution in [2.24, 2.45) is 0 Å². The van der Waals surface area contributed by atoms with Crippen LogP contribution in [0.2, 0.25) is 0 Å². The lowest BCUT2D eigenvalue weighted by Crippen LogP contribution is -2.16. The fraction of sp³-hybridized carbons (Fsp3) is 0.0769. The van der Waals surface area contributed by atoms with Crippen LogP contribution in [0.1, 0.15) is 5.69 Å². The van der Waals surface area contributed by atoms with Gasteiger partial charge >= 0.3 is 0 Å². The number of aromatic nitrogens is 2. The summed E-state index contributed by atoms with van der Waals surface area (Å²) >= 11 is 1.58. The van der Waals surface area contributed by atoms with Crippen molar-refractivity contribution < 1.29 is 0 Å². The van der Waals surface area contributed by atoms with Crippen molar-refractivity contribution in [1.29, 1.82) is 0 Å². The molecule has 3 aromatic rings. The first kappa shape index (κ1) is 10.2. The van der Waals surface area contributed by atoms with Crippen LogP contribution in [0.25, 0.3) is 15.8 Å². The zero-order valence-electron chi connectivity index (χ0n) is 9.25. The number of aryl methyl sites for hydroxylation is 1. The second-order valence-electron chi connectivity index (χ2n) is 3.85. The minimum Gasteiger partial charge on any atom is -0.282 e. The Bertz CT molecular complexity index is 725. The van der Waals surface area contributed by atoms with Gasteiger partial charge in [-0.2, -0.15) is 0 Å². The van der Waals surface area contributed by atoms with E-state index in [0.717, 1.165) is 21.5 Å². The van der Waals surface area contributed by atoms with Crippen LogP contribution in [0.5, 0.6) is 0 Å². The highest BCUT2D eigenvalue weighted by Crippen LogP contribution is 2.17. The first-order valence-corrected chi connectivity index (χ1v) is 6.15. The van der Waals surface area contributed by atoms with E-state index < -0.39 is 0 Å². The highest BCUT2D eigenvalue weighted by molar-refractivity contribution is 7.17. The summed E-state index contributed by atoms with van der Waals surface area (Å²) in [5.74, 6) is 0. The molecule has 0 aromatic carbocycles. The smallest absolute Gasteiger partial charge is 0.263 e. The summed E-state index contributed by atoms with van der Waals surface area (Å²) in [6.07, 6.45) is 3.52. The molecule has 17 heavy (non-hydrogen) atoms. The fourth-order valence-corrected chi connectivity index (χ4v) is 2.54. The Hall–Kier alpha value is -1.94. The van der Waals surface area contributed by atoms with Crippen LogP contribution >= 0.6 is 11.3 Å². The molecule has 0 aliphatic carbocycles. The number of hydrogen-bond acceptors (Lipinski definition) is 3. The van der Waals surface area contributed by atoms with E-state index in [1.165, 1.54) is 0 Å². The molecule has 0 N–H and O–H groups in total. The summed E-state index contributed by atoms with van der Waals surface area (Å²) in [6, 6.07) is 7.63. The molecule has 0 saturated carbocycles. The zero-order chi connectivity index (χ0) is 11.8. The average Bonchev–Trinajstić information content (AvgIpc) is 2.80. The minimum atomic E-state index is 0.00871. The van der Waals surface area contributed by atoms with Gasteiger partial charge in [0.2, 0.25) is 0 Å². The minimum absolute atomic E-state index is 0.00871. The second kappa shape index (κ2) is 3.82. The van der Waals surface area contributed by atoms with Crippen LogP contribution in [0.15, 0.2) is 46.8 Å². The van der Waals surface area contributed by atoms with Crippen LogP contribution in [0, 0.1) is 6.92 Å². The topological polar surface area (TPSA) is 34.9 Å². The van der Waals surface area contributed by atoms with Crippen molar-refractivity contribution in [3.05, 3.63) is 58.1 Å². The van der Waals surface area contributed by atoms with Crippen LogP contribution in [-0.4, -0.2) is 9.55 Å². The molecular weight excluding hydrogens is 232 g/mol. The third kappa shape index (κ3) is 1.66. The fourth-order valence-electron chi connectivity index (χ4n) is 1.77. The van der Waals surface area contributed by atoms with Crippen LogP contribution in [0.3, 0.4) is 0 Å². The van der Waals surface area contributed by atoms with Gasteiger partial charge in [-0.3, -0.25) is 14.3 Å². The van der Waals surface area contributed by atoms with Gasteiger partial charge in [0.1, 0.15) is 0 Å². The molecule has 0 radical (unpaired) electrons. The third-order valence-electron chi connectivity index (χ3n) is 2.69. The molecule has 0 atom stereocenters. The molecule has 84 valence electrons. The Morgan fingerprint density at radius 2 is 2.12 bits per heavy atom. The molecule has 3 heterocycles. The van der Waals surface area contributed by atoms with Crippen molar-refractivity contribution in [2.45, 2.75) is 6.92 Å². The predicted molar refractivity (Wildman–Crippen MR) is 70.0 cm³/mol. The molecular formula is C13H10N2OS. The van der Waals surface area contributed by atoms with Gasteiger partial charge in [0.15, 0.2) is 0 Å². The first-order valence-electron chi connectivity index (χ1n) is 5.27. The summed E-state index contributed by atoms with van der Waals surface area (Å²) in [7, 11) is 0. The third-order valence-corrected chi connectivity index (χ3v) is 3.58. The van der Waals surface area contributed by atoms with Gasteiger partial charge in [-0.25, -0.2) is 0 Å². The molecule has 0 spiro atoms. The van der Waals surface area contributed by atoms with Crippen LogP contribution in [-0.2, 0) is 0 Å². The van der Waals surface area contributed by atoms with Gasteiger partial charge in [-0.05, 0) is 36.6 Å². The Kier molecular flexibility index (Phi) is 2.30. The van der Waals surface area contributed by atoms with Gasteiger partial charge in [0, 0.05) is 16.6 Å². The van der Waals surface area contributed by atoms with E-state index in [2.05, 4.69) is 4.98 Å². The van der Waals surface area contributed by atoms with Crippen molar-refractivity contribution >= 4 is 21.4 Å². The number of nitrogens with zero attached hydrogens (tertiary/aromatic N) is 2. The normalized spacial score (nSPS) is 10.9. The van der Waals surface area contributed by atoms with Crippen molar-refractivity contribution in [1.82, 2.24) is 9.55 Å². The summed E-state index contributed by atoms with van der Waals surface area (Å²) in [5.41, 5.74) is 1.75. The average molecular weight is 242 g/mol. The number of hydrogen-bond donors (Lipinski definition) is 0. The first-order chi connectivity index (χ1) is 8.25. The molecule has 0 aliphatic heterocycles. The maximum Gasteiger partial charge on any atom is 0.263 e. The molecule has 0 aliphatic rings. The number of rotatable bonds is 1. The Labute approximate surface area is 102 Å². The number of thiophene rings is 1. The lowest BCUT2D eigenvalue weighted by atomic mass is 10.3. The van der Waals surface area contributed by atoms with Gasteiger partial charge in [-0.1, -0.05) is 0 Å². The molecule has 3 rings (SSSR count). The quantitative estimate of drug-likeness (QED) is 0.657. The molecule has 3 nitrogen and oxygen atoms in total. The van der Waals surface area contributed by atoms with E-state index in [-0.39, 0.29) is 5.56 Å². The summed E-state index contributed by atoms with van der Waals surface area (Å²) in [5, 5.41) is 2.70. The van der Waals surface area contributed by atoms with E-state index in [4.69, 9.17) is 0 Å². The van der Waals surface area contributed by atoms with Gasteiger partial charge < -0.3 is 0 Å². The monoisotopic (exact) mass is 242 g/mol. The maximum atomic E-state index is 12.2. The van der Waals surface area contributed by atoms with Gasteiger partial charge in [0.05, 0.1) is 17.3 Å². The van der Waals surface area contributed by atoms with E-state index >= 15 is 0 Å². The molecule has 0 bridgehead atoms. The molecule has 0 saturated heterocycles. The Morgan fingerprint density at radius 3 is 2.88 bits per heavy atom. The highest BCUT2D eigenvalue weighted by Gasteiger charge is 2.05. The van der Waals surface area contributed by atoms with E-state index in [0.29, 0.717) is 0 Å². The molecule has 0 unspecified atom stereocenters. The molecule has 0 fully saturated rings. The van der Waals surface area contributed by atoms with Crippen molar-refractivity contribution in [3.8, 4) is 5.69 Å². The molecule has 3 aromatic heterocycles. The standard InChI is InChI=1S/C13H10N2OS/c1-9-2-3-10(8-14-9)15-6-4-12-11(13(15)16)5-7-17-12/h2-8H,1H3. The van der Waals surface area contributed by atoms with Crippen LogP contribution < -0.4 is 5.56 Å². The van der Waals surface area contributed by atoms with Gasteiger partial charge in [-0.15, -0.1) is 11.3 Å². The molecule has 0 amide bonds. The summed E-state index contributed by atoms with van der Waals surface area (Å²) in [6.45, 7) is 1.93. The number of fused-ring (bicyclic) bond motifs is 1. The predicted octanol–water partition coefficient (Wildman–Crippen LogP) is 2.76. The van der Waals surface area contributed by atoms with Crippen LogP contribution in [0.4, 0.5) is 0 Å². The lowest BCUT2D eigenvalue weighted by Gasteiger charge is -2.05. The largest absolute Gasteiger partial charge is 0.282 e. The number of pyridine rings is 2. The maximum absolute atomic E-state index is 12.2. The van der Waals surface area contributed by atoms with E-state index in [1.807, 2.05) is 36.6 Å². The summed E-state index contributed by atoms with van der Waals surface area (Å²) < 4.78 is 2.65. The Morgan fingerprint density at radius 1 is 1.24 bits per heavy atom. The van der Waals surface area contributed by atoms with Crippen molar-refractivity contribution in [3.63, 3.8) is 0 Å². The zero-order valence-corrected chi connectivity index (χ0v) is 10.1. The van der Waals surface area contributed by atoms with Gasteiger partial charge in [0.25, 0.3) is 5.56 Å². The summed E-state index contributed by atoms with van der Waals surface area (Å²) in [4.78, 5) is 16.4. The highest BCUT2D eigenvalue weighted by atomic mass is 32.1. The van der Waals surface area contributed by atoms with E-state index in [1.54, 1.807) is 28.3 Å². The molecule has 4 heteroatoms. The lowest BCUT2D eigenvalue weighted by molar-refractivity contribution is 0.989. The van der Waals surface area contributed by atoms with Crippen molar-refractivity contribution in [2.75, 3.05) is 0 Å². The second-order valence-corrected chi connectivity index (χ2v) is 4.79. The Balaban J connectivity index is 2.27.